The molecule has 1 saturated heterocycles. The number of nitrogens with zero attached hydrogens (tertiary/aromatic N) is 2. The van der Waals surface area contributed by atoms with E-state index in [1.807, 2.05) is 11.0 Å². The molecule has 8 nitrogen and oxygen atoms in total. The van der Waals surface area contributed by atoms with Crippen molar-refractivity contribution in [2.45, 2.75) is 25.4 Å². The van der Waals surface area contributed by atoms with Gasteiger partial charge in [0.05, 0.1) is 25.3 Å². The number of para-hydroxylation sites is 2. The number of halogens is 2. The van der Waals surface area contributed by atoms with Crippen LogP contribution in [0.3, 0.4) is 0 Å². The normalized spacial score (nSPS) is 17.4. The maximum atomic E-state index is 13.3. The van der Waals surface area contributed by atoms with Gasteiger partial charge in [-0.2, -0.15) is 0 Å². The van der Waals surface area contributed by atoms with Crippen LogP contribution in [0.5, 0.6) is 5.75 Å². The number of ether oxygens (including phenoxy) is 1. The zero-order valence-corrected chi connectivity index (χ0v) is 18.6. The summed E-state index contributed by atoms with van der Waals surface area (Å²) < 4.78 is 32.3. The summed E-state index contributed by atoms with van der Waals surface area (Å²) in [6.07, 6.45) is 2.31. The number of carbonyl (C=O) groups excluding carboxylic acids is 3. The lowest BCUT2D eigenvalue weighted by molar-refractivity contribution is -0.139. The first-order chi connectivity index (χ1) is 16.4. The molecule has 4 rings (SSSR count). The molecule has 0 aromatic heterocycles. The van der Waals surface area contributed by atoms with Gasteiger partial charge in [0.25, 0.3) is 5.91 Å². The molecule has 0 spiro atoms. The van der Waals surface area contributed by atoms with Gasteiger partial charge in [0.15, 0.2) is 17.7 Å². The quantitative estimate of drug-likeness (QED) is 0.674. The highest BCUT2D eigenvalue weighted by molar-refractivity contribution is 5.95. The Morgan fingerprint density at radius 1 is 0.971 bits per heavy atom. The van der Waals surface area contributed by atoms with Crippen LogP contribution in [0.15, 0.2) is 42.5 Å². The molecular weight excluding hydrogens is 446 g/mol. The number of anilines is 2. The van der Waals surface area contributed by atoms with E-state index in [1.165, 1.54) is 6.07 Å². The van der Waals surface area contributed by atoms with Crippen LogP contribution in [0.25, 0.3) is 0 Å². The Labute approximate surface area is 195 Å². The Hall–Kier alpha value is -3.69. The fourth-order valence-corrected chi connectivity index (χ4v) is 4.09. The molecule has 2 N–H and O–H groups in total. The summed E-state index contributed by atoms with van der Waals surface area (Å²) in [4.78, 5) is 41.2. The molecule has 2 aliphatic rings. The summed E-state index contributed by atoms with van der Waals surface area (Å²) >= 11 is 0. The smallest absolute Gasteiger partial charge is 0.265 e. The van der Waals surface area contributed by atoms with Gasteiger partial charge in [0.1, 0.15) is 5.75 Å². The summed E-state index contributed by atoms with van der Waals surface area (Å²) in [5.41, 5.74) is 0.769. The zero-order chi connectivity index (χ0) is 24.1. The summed E-state index contributed by atoms with van der Waals surface area (Å²) in [5, 5.41) is 4.92. The van der Waals surface area contributed by atoms with Crippen molar-refractivity contribution in [3.05, 3.63) is 54.1 Å². The molecule has 1 fully saturated rings. The third-order valence-electron chi connectivity index (χ3n) is 5.79. The number of hydrogen-bond acceptors (Lipinski definition) is 5. The van der Waals surface area contributed by atoms with Crippen LogP contribution in [0.2, 0.25) is 0 Å². The molecular formula is C24H26F2N4O4. The minimum Gasteiger partial charge on any atom is -0.477 e. The topological polar surface area (TPSA) is 91.0 Å². The van der Waals surface area contributed by atoms with Crippen LogP contribution in [0, 0.1) is 11.6 Å². The Morgan fingerprint density at radius 2 is 1.74 bits per heavy atom. The Bertz CT molecular complexity index is 1070. The lowest BCUT2D eigenvalue weighted by Crippen LogP contribution is -2.53. The van der Waals surface area contributed by atoms with Crippen molar-refractivity contribution in [3.63, 3.8) is 0 Å². The highest BCUT2D eigenvalue weighted by Gasteiger charge is 2.34. The molecule has 3 amide bonds. The molecule has 0 radical (unpaired) electrons. The summed E-state index contributed by atoms with van der Waals surface area (Å²) in [6.45, 7) is 1.19. The van der Waals surface area contributed by atoms with Crippen LogP contribution in [-0.2, 0) is 14.4 Å². The first-order valence-corrected chi connectivity index (χ1v) is 11.2. The fourth-order valence-electron chi connectivity index (χ4n) is 4.09. The largest absolute Gasteiger partial charge is 0.477 e. The highest BCUT2D eigenvalue weighted by atomic mass is 19.2. The van der Waals surface area contributed by atoms with E-state index in [0.717, 1.165) is 31.4 Å². The van der Waals surface area contributed by atoms with Crippen molar-refractivity contribution in [3.8, 4) is 5.75 Å². The van der Waals surface area contributed by atoms with Gasteiger partial charge in [0.2, 0.25) is 11.8 Å². The predicted octanol–water partition coefficient (Wildman–Crippen LogP) is 2.30. The molecule has 10 heteroatoms. The highest BCUT2D eigenvalue weighted by Crippen LogP contribution is 2.33. The van der Waals surface area contributed by atoms with Crippen molar-refractivity contribution in [1.29, 1.82) is 0 Å². The maximum Gasteiger partial charge on any atom is 0.265 e. The fraction of sp³-hybridized carbons (Fsp3) is 0.375. The number of fused-ring (bicyclic) bond motifs is 1. The molecule has 2 aromatic carbocycles. The van der Waals surface area contributed by atoms with E-state index in [0.29, 0.717) is 24.5 Å². The van der Waals surface area contributed by atoms with Gasteiger partial charge < -0.3 is 25.2 Å². The Morgan fingerprint density at radius 3 is 2.50 bits per heavy atom. The van der Waals surface area contributed by atoms with Crippen molar-refractivity contribution in [2.75, 3.05) is 42.9 Å². The van der Waals surface area contributed by atoms with Crippen LogP contribution in [0.1, 0.15) is 19.3 Å². The summed E-state index contributed by atoms with van der Waals surface area (Å²) in [7, 11) is 0. The van der Waals surface area contributed by atoms with Gasteiger partial charge in [-0.25, -0.2) is 8.78 Å². The third kappa shape index (κ3) is 5.62. The average Bonchev–Trinajstić information content (AvgIpc) is 2.85. The first kappa shape index (κ1) is 23.5. The molecule has 2 aliphatic heterocycles. The van der Waals surface area contributed by atoms with Gasteiger partial charge in [-0.1, -0.05) is 12.1 Å². The van der Waals surface area contributed by atoms with Crippen molar-refractivity contribution >= 4 is 29.1 Å². The van der Waals surface area contributed by atoms with E-state index < -0.39 is 29.6 Å². The SMILES string of the molecule is O=C(CN1CC(C(=O)N2CCCCC2)Oc2ccccc21)NCC(=O)Nc1ccc(F)c(F)c1. The van der Waals surface area contributed by atoms with E-state index in [-0.39, 0.29) is 31.2 Å². The van der Waals surface area contributed by atoms with Gasteiger partial charge in [-0.05, 0) is 43.5 Å². The Balaban J connectivity index is 1.35. The van der Waals surface area contributed by atoms with E-state index in [4.69, 9.17) is 4.74 Å². The van der Waals surface area contributed by atoms with Crippen molar-refractivity contribution < 1.29 is 27.9 Å². The molecule has 0 aliphatic carbocycles. The molecule has 2 heterocycles. The third-order valence-corrected chi connectivity index (χ3v) is 5.79. The second kappa shape index (κ2) is 10.5. The lowest BCUT2D eigenvalue weighted by Gasteiger charge is -2.38. The number of hydrogen-bond donors (Lipinski definition) is 2. The minimum atomic E-state index is -1.08. The van der Waals surface area contributed by atoms with Gasteiger partial charge in [-0.15, -0.1) is 0 Å². The number of benzene rings is 2. The molecule has 180 valence electrons. The molecule has 0 bridgehead atoms. The number of amides is 3. The first-order valence-electron chi connectivity index (χ1n) is 11.2. The number of carbonyl (C=O) groups is 3. The van der Waals surface area contributed by atoms with Crippen LogP contribution < -0.4 is 20.3 Å². The summed E-state index contributed by atoms with van der Waals surface area (Å²) in [5.74, 6) is -2.68. The predicted molar refractivity (Wildman–Crippen MR) is 121 cm³/mol. The summed E-state index contributed by atoms with van der Waals surface area (Å²) in [6, 6.07) is 10.2. The molecule has 2 aromatic rings. The van der Waals surface area contributed by atoms with E-state index in [1.54, 1.807) is 23.1 Å². The standard InChI is InChI=1S/C24H26F2N4O4/c25-17-9-8-16(12-18(17)26)28-22(31)13-27-23(32)15-30-14-21(24(33)29-10-4-1-5-11-29)34-20-7-3-2-6-19(20)30/h2-3,6-9,12,21H,1,4-5,10-11,13-15H2,(H,27,32)(H,28,31). The number of piperidine rings is 1. The second-order valence-corrected chi connectivity index (χ2v) is 8.29. The molecule has 0 saturated carbocycles. The van der Waals surface area contributed by atoms with Crippen molar-refractivity contribution in [1.82, 2.24) is 10.2 Å². The minimum absolute atomic E-state index is 0.0807. The molecule has 1 atom stereocenters. The Kier molecular flexibility index (Phi) is 7.24. The number of nitrogens with one attached hydrogen (secondary N) is 2. The van der Waals surface area contributed by atoms with Gasteiger partial charge >= 0.3 is 0 Å². The zero-order valence-electron chi connectivity index (χ0n) is 18.6. The van der Waals surface area contributed by atoms with E-state index in [2.05, 4.69) is 10.6 Å². The lowest BCUT2D eigenvalue weighted by atomic mass is 10.1. The molecule has 34 heavy (non-hydrogen) atoms. The number of likely N-dealkylation sites (tertiary alicyclic amines) is 1. The van der Waals surface area contributed by atoms with Gasteiger partial charge in [0, 0.05) is 24.8 Å². The van der Waals surface area contributed by atoms with Gasteiger partial charge in [-0.3, -0.25) is 14.4 Å². The number of rotatable bonds is 6. The van der Waals surface area contributed by atoms with Crippen LogP contribution in [0.4, 0.5) is 20.2 Å². The van der Waals surface area contributed by atoms with E-state index in [9.17, 15) is 23.2 Å². The second-order valence-electron chi connectivity index (χ2n) is 8.29. The van der Waals surface area contributed by atoms with Crippen LogP contribution in [-0.4, -0.2) is 61.4 Å². The van der Waals surface area contributed by atoms with E-state index >= 15 is 0 Å². The molecule has 1 unspecified atom stereocenters. The monoisotopic (exact) mass is 472 g/mol. The van der Waals surface area contributed by atoms with Crippen molar-refractivity contribution in [2.24, 2.45) is 0 Å². The maximum absolute atomic E-state index is 13.3. The average molecular weight is 472 g/mol. The van der Waals surface area contributed by atoms with Crippen LogP contribution >= 0.6 is 0 Å².